The number of carbonyl (C=O) groups is 1. The maximum Gasteiger partial charge on any atom is 0.291 e. The quantitative estimate of drug-likeness (QED) is 0.646. The summed E-state index contributed by atoms with van der Waals surface area (Å²) in [5.41, 5.74) is 0.938. The number of rotatable bonds is 2. The van der Waals surface area contributed by atoms with Crippen LogP contribution in [0.25, 0.3) is 11.6 Å². The summed E-state index contributed by atoms with van der Waals surface area (Å²) in [5.74, 6) is 0.476. The molecule has 0 aliphatic rings. The number of aldehydes is 1. The van der Waals surface area contributed by atoms with Crippen molar-refractivity contribution < 1.29 is 9.32 Å². The Hall–Kier alpha value is -2.11. The second kappa shape index (κ2) is 3.33. The zero-order valence-corrected chi connectivity index (χ0v) is 7.34. The molecule has 2 aromatic heterocycles. The van der Waals surface area contributed by atoms with Crippen LogP contribution in [0.15, 0.2) is 16.9 Å². The summed E-state index contributed by atoms with van der Waals surface area (Å²) in [6.45, 7) is 1.87. The Kier molecular flexibility index (Phi) is 2.02. The maximum absolute atomic E-state index is 10.3. The van der Waals surface area contributed by atoms with Crippen LogP contribution < -0.4 is 0 Å². The largest absolute Gasteiger partial charge is 0.331 e. The van der Waals surface area contributed by atoms with Gasteiger partial charge in [-0.05, 0) is 12.5 Å². The summed E-state index contributed by atoms with van der Waals surface area (Å²) < 4.78 is 4.59. The molecular formula is C8H6N4O2. The van der Waals surface area contributed by atoms with Gasteiger partial charge in [-0.1, -0.05) is 5.16 Å². The average Bonchev–Trinajstić information content (AvgIpc) is 2.67. The predicted octanol–water partition coefficient (Wildman–Crippen LogP) is 0.648. The Morgan fingerprint density at radius 2 is 2.00 bits per heavy atom. The molecule has 0 N–H and O–H groups in total. The first-order valence-electron chi connectivity index (χ1n) is 3.87. The molecule has 0 spiro atoms. The van der Waals surface area contributed by atoms with Crippen LogP contribution in [-0.2, 0) is 0 Å². The highest BCUT2D eigenvalue weighted by atomic mass is 16.5. The molecule has 0 saturated heterocycles. The van der Waals surface area contributed by atoms with Crippen LogP contribution >= 0.6 is 0 Å². The molecule has 6 heteroatoms. The third-order valence-corrected chi connectivity index (χ3v) is 1.52. The number of hydrogen-bond donors (Lipinski definition) is 0. The van der Waals surface area contributed by atoms with Crippen LogP contribution in [0.5, 0.6) is 0 Å². The van der Waals surface area contributed by atoms with Crippen LogP contribution in [0.1, 0.15) is 16.2 Å². The number of carbonyl (C=O) groups excluding carboxylic acids is 1. The molecule has 2 heterocycles. The highest BCUT2D eigenvalue weighted by Crippen LogP contribution is 2.08. The topological polar surface area (TPSA) is 81.8 Å². The molecule has 0 fully saturated rings. The second-order valence-corrected chi connectivity index (χ2v) is 2.66. The fraction of sp³-hybridized carbons (Fsp3) is 0.125. The van der Waals surface area contributed by atoms with E-state index in [1.807, 2.05) is 6.92 Å². The number of aromatic nitrogens is 4. The summed E-state index contributed by atoms with van der Waals surface area (Å²) in [6.07, 6.45) is 3.75. The van der Waals surface area contributed by atoms with Gasteiger partial charge >= 0.3 is 0 Å². The Morgan fingerprint density at radius 1 is 1.29 bits per heavy atom. The molecule has 0 radical (unpaired) electrons. The van der Waals surface area contributed by atoms with Gasteiger partial charge in [0.2, 0.25) is 17.9 Å². The first kappa shape index (κ1) is 8.49. The van der Waals surface area contributed by atoms with E-state index in [9.17, 15) is 4.79 Å². The van der Waals surface area contributed by atoms with Crippen molar-refractivity contribution in [1.82, 2.24) is 20.1 Å². The summed E-state index contributed by atoms with van der Waals surface area (Å²) in [6, 6.07) is 0. The molecule has 0 atom stereocenters. The lowest BCUT2D eigenvalue weighted by atomic mass is 10.4. The second-order valence-electron chi connectivity index (χ2n) is 2.66. The number of aryl methyl sites for hydroxylation is 1. The minimum Gasteiger partial charge on any atom is -0.331 e. The smallest absolute Gasteiger partial charge is 0.291 e. The van der Waals surface area contributed by atoms with Crippen molar-refractivity contribution in [3.05, 3.63) is 23.8 Å². The zero-order chi connectivity index (χ0) is 9.97. The first-order valence-corrected chi connectivity index (χ1v) is 3.87. The van der Waals surface area contributed by atoms with Gasteiger partial charge in [0, 0.05) is 12.4 Å². The fourth-order valence-electron chi connectivity index (χ4n) is 0.882. The van der Waals surface area contributed by atoms with E-state index in [4.69, 9.17) is 0 Å². The van der Waals surface area contributed by atoms with Crippen LogP contribution in [0, 0.1) is 6.92 Å². The minimum atomic E-state index is -0.0795. The van der Waals surface area contributed by atoms with Gasteiger partial charge in [-0.3, -0.25) is 4.79 Å². The van der Waals surface area contributed by atoms with E-state index in [0.717, 1.165) is 5.56 Å². The van der Waals surface area contributed by atoms with Gasteiger partial charge in [0.15, 0.2) is 0 Å². The molecule has 0 saturated carbocycles. The molecule has 2 aromatic rings. The Labute approximate surface area is 79.0 Å². The van der Waals surface area contributed by atoms with Crippen molar-refractivity contribution in [2.45, 2.75) is 6.92 Å². The number of hydrogen-bond acceptors (Lipinski definition) is 6. The van der Waals surface area contributed by atoms with Crippen LogP contribution in [0.3, 0.4) is 0 Å². The van der Waals surface area contributed by atoms with E-state index >= 15 is 0 Å². The molecule has 70 valence electrons. The molecule has 0 aliphatic heterocycles. The van der Waals surface area contributed by atoms with E-state index in [1.54, 1.807) is 12.4 Å². The Balaban J connectivity index is 2.39. The molecular weight excluding hydrogens is 184 g/mol. The summed E-state index contributed by atoms with van der Waals surface area (Å²) in [7, 11) is 0. The zero-order valence-electron chi connectivity index (χ0n) is 7.34. The van der Waals surface area contributed by atoms with Crippen molar-refractivity contribution >= 4 is 6.29 Å². The van der Waals surface area contributed by atoms with E-state index in [1.165, 1.54) is 0 Å². The summed E-state index contributed by atoms with van der Waals surface area (Å²) in [4.78, 5) is 22.0. The monoisotopic (exact) mass is 190 g/mol. The predicted molar refractivity (Wildman–Crippen MR) is 45.4 cm³/mol. The summed E-state index contributed by atoms with van der Waals surface area (Å²) in [5, 5.41) is 3.54. The number of nitrogens with zero attached hydrogens (tertiary/aromatic N) is 4. The highest BCUT2D eigenvalue weighted by Gasteiger charge is 2.09. The Morgan fingerprint density at radius 3 is 2.57 bits per heavy atom. The normalized spacial score (nSPS) is 10.1. The van der Waals surface area contributed by atoms with E-state index in [2.05, 4.69) is 24.6 Å². The van der Waals surface area contributed by atoms with E-state index in [-0.39, 0.29) is 11.7 Å². The first-order chi connectivity index (χ1) is 6.79. The van der Waals surface area contributed by atoms with Crippen LogP contribution in [0.4, 0.5) is 0 Å². The highest BCUT2D eigenvalue weighted by molar-refractivity contribution is 5.68. The van der Waals surface area contributed by atoms with Gasteiger partial charge in [-0.15, -0.1) is 0 Å². The van der Waals surface area contributed by atoms with Crippen LogP contribution in [0.2, 0.25) is 0 Å². The van der Waals surface area contributed by atoms with Crippen molar-refractivity contribution in [2.75, 3.05) is 0 Å². The van der Waals surface area contributed by atoms with Gasteiger partial charge in [0.25, 0.3) is 5.89 Å². The van der Waals surface area contributed by atoms with Crippen LogP contribution in [-0.4, -0.2) is 26.4 Å². The molecule has 0 amide bonds. The van der Waals surface area contributed by atoms with Crippen molar-refractivity contribution in [2.24, 2.45) is 0 Å². The molecule has 0 aromatic carbocycles. The van der Waals surface area contributed by atoms with E-state index in [0.29, 0.717) is 12.1 Å². The van der Waals surface area contributed by atoms with E-state index < -0.39 is 0 Å². The van der Waals surface area contributed by atoms with Gasteiger partial charge in [-0.25, -0.2) is 9.97 Å². The SMILES string of the molecule is Cc1cnc(-c2noc(C=O)n2)nc1. The summed E-state index contributed by atoms with van der Waals surface area (Å²) >= 11 is 0. The Bertz CT molecular complexity index is 449. The molecule has 6 nitrogen and oxygen atoms in total. The lowest BCUT2D eigenvalue weighted by Gasteiger charge is -1.91. The lowest BCUT2D eigenvalue weighted by molar-refractivity contribution is 0.108. The minimum absolute atomic E-state index is 0.0795. The van der Waals surface area contributed by atoms with Gasteiger partial charge < -0.3 is 4.52 Å². The fourth-order valence-corrected chi connectivity index (χ4v) is 0.882. The maximum atomic E-state index is 10.3. The lowest BCUT2D eigenvalue weighted by Crippen LogP contribution is -1.91. The third-order valence-electron chi connectivity index (χ3n) is 1.52. The molecule has 0 bridgehead atoms. The van der Waals surface area contributed by atoms with Gasteiger partial charge in [0.05, 0.1) is 0 Å². The average molecular weight is 190 g/mol. The van der Waals surface area contributed by atoms with Crippen molar-refractivity contribution in [3.63, 3.8) is 0 Å². The van der Waals surface area contributed by atoms with Crippen molar-refractivity contribution in [3.8, 4) is 11.6 Å². The molecule has 2 rings (SSSR count). The standard InChI is InChI=1S/C8H6N4O2/c1-5-2-9-7(10-3-5)8-11-6(4-13)14-12-8/h2-4H,1H3. The molecule has 14 heavy (non-hydrogen) atoms. The van der Waals surface area contributed by atoms with Gasteiger partial charge in [-0.2, -0.15) is 4.98 Å². The molecule has 0 unspecified atom stereocenters. The van der Waals surface area contributed by atoms with Gasteiger partial charge in [0.1, 0.15) is 0 Å². The molecule has 0 aliphatic carbocycles. The third kappa shape index (κ3) is 1.49. The van der Waals surface area contributed by atoms with Crippen molar-refractivity contribution in [1.29, 1.82) is 0 Å².